The van der Waals surface area contributed by atoms with Crippen LogP contribution in [-0.2, 0) is 4.74 Å². The normalized spacial score (nSPS) is 14.5. The summed E-state index contributed by atoms with van der Waals surface area (Å²) < 4.78 is 5.54. The number of aromatic nitrogens is 1. The largest absolute Gasteiger partial charge is 0.478 e. The van der Waals surface area contributed by atoms with Crippen molar-refractivity contribution in [3.05, 3.63) is 23.9 Å². The molecule has 0 aliphatic heterocycles. The summed E-state index contributed by atoms with van der Waals surface area (Å²) in [6, 6.07) is 3.06. The van der Waals surface area contributed by atoms with E-state index in [1.807, 2.05) is 11.9 Å². The Hall–Kier alpha value is -1.62. The van der Waals surface area contributed by atoms with E-state index in [9.17, 15) is 4.79 Å². The van der Waals surface area contributed by atoms with Gasteiger partial charge in [-0.3, -0.25) is 0 Å². The first-order chi connectivity index (χ1) is 8.66. The van der Waals surface area contributed by atoms with Crippen LogP contribution >= 0.6 is 0 Å². The number of anilines is 1. The summed E-state index contributed by atoms with van der Waals surface area (Å²) in [6.45, 7) is 2.20. The molecule has 1 N–H and O–H groups in total. The van der Waals surface area contributed by atoms with Crippen molar-refractivity contribution in [2.24, 2.45) is 5.92 Å². The highest BCUT2D eigenvalue weighted by atomic mass is 16.5. The monoisotopic (exact) mass is 250 g/mol. The van der Waals surface area contributed by atoms with Crippen molar-refractivity contribution >= 4 is 11.8 Å². The zero-order valence-corrected chi connectivity index (χ0v) is 10.5. The SMILES string of the molecule is CN(CCOCC1CC1)c1cc(C(=O)O)ccn1. The molecule has 0 saturated heterocycles. The first-order valence-electron chi connectivity index (χ1n) is 6.15. The van der Waals surface area contributed by atoms with Crippen LogP contribution in [0.5, 0.6) is 0 Å². The highest BCUT2D eigenvalue weighted by molar-refractivity contribution is 5.88. The van der Waals surface area contributed by atoms with E-state index in [4.69, 9.17) is 9.84 Å². The van der Waals surface area contributed by atoms with Crippen molar-refractivity contribution in [1.82, 2.24) is 4.98 Å². The Morgan fingerprint density at radius 1 is 1.61 bits per heavy atom. The van der Waals surface area contributed by atoms with Crippen molar-refractivity contribution in [2.45, 2.75) is 12.8 Å². The Morgan fingerprint density at radius 3 is 3.06 bits per heavy atom. The highest BCUT2D eigenvalue weighted by Gasteiger charge is 2.21. The Bertz CT molecular complexity index is 418. The maximum Gasteiger partial charge on any atom is 0.335 e. The van der Waals surface area contributed by atoms with Gasteiger partial charge in [-0.15, -0.1) is 0 Å². The smallest absolute Gasteiger partial charge is 0.335 e. The number of carboxylic acid groups (broad SMARTS) is 1. The molecule has 0 spiro atoms. The average molecular weight is 250 g/mol. The second-order valence-electron chi connectivity index (χ2n) is 4.65. The van der Waals surface area contributed by atoms with Gasteiger partial charge in [0.2, 0.25) is 0 Å². The number of hydrogen-bond donors (Lipinski definition) is 1. The number of ether oxygens (including phenoxy) is 1. The van der Waals surface area contributed by atoms with Gasteiger partial charge in [-0.1, -0.05) is 0 Å². The number of hydrogen-bond acceptors (Lipinski definition) is 4. The minimum Gasteiger partial charge on any atom is -0.478 e. The molecule has 1 saturated carbocycles. The van der Waals surface area contributed by atoms with Gasteiger partial charge in [0.25, 0.3) is 0 Å². The Labute approximate surface area is 106 Å². The lowest BCUT2D eigenvalue weighted by Gasteiger charge is -2.18. The Kier molecular flexibility index (Phi) is 4.15. The minimum absolute atomic E-state index is 0.255. The summed E-state index contributed by atoms with van der Waals surface area (Å²) >= 11 is 0. The molecule has 1 aromatic heterocycles. The fraction of sp³-hybridized carbons (Fsp3) is 0.538. The fourth-order valence-electron chi connectivity index (χ4n) is 1.61. The van der Waals surface area contributed by atoms with E-state index in [-0.39, 0.29) is 5.56 Å². The van der Waals surface area contributed by atoms with Gasteiger partial charge in [0.1, 0.15) is 5.82 Å². The zero-order chi connectivity index (χ0) is 13.0. The van der Waals surface area contributed by atoms with Crippen molar-refractivity contribution in [1.29, 1.82) is 0 Å². The molecule has 0 bridgehead atoms. The molecule has 2 rings (SSSR count). The Balaban J connectivity index is 1.81. The van der Waals surface area contributed by atoms with Gasteiger partial charge in [-0.2, -0.15) is 0 Å². The third kappa shape index (κ3) is 3.70. The van der Waals surface area contributed by atoms with Crippen molar-refractivity contribution in [2.75, 3.05) is 31.7 Å². The molecule has 5 nitrogen and oxygen atoms in total. The van der Waals surface area contributed by atoms with Gasteiger partial charge in [-0.05, 0) is 30.9 Å². The second kappa shape index (κ2) is 5.82. The predicted octanol–water partition coefficient (Wildman–Crippen LogP) is 1.64. The van der Waals surface area contributed by atoms with Crippen molar-refractivity contribution in [3.8, 4) is 0 Å². The molecular weight excluding hydrogens is 232 g/mol. The number of carboxylic acids is 1. The summed E-state index contributed by atoms with van der Waals surface area (Å²) in [6.07, 6.45) is 4.09. The molecule has 0 unspecified atom stereocenters. The molecule has 5 heteroatoms. The fourth-order valence-corrected chi connectivity index (χ4v) is 1.61. The van der Waals surface area contributed by atoms with Gasteiger partial charge < -0.3 is 14.7 Å². The van der Waals surface area contributed by atoms with E-state index in [0.29, 0.717) is 19.0 Å². The summed E-state index contributed by atoms with van der Waals surface area (Å²) in [4.78, 5) is 16.9. The zero-order valence-electron chi connectivity index (χ0n) is 10.5. The topological polar surface area (TPSA) is 62.7 Å². The summed E-state index contributed by atoms with van der Waals surface area (Å²) in [7, 11) is 1.88. The van der Waals surface area contributed by atoms with Gasteiger partial charge in [0.05, 0.1) is 12.2 Å². The second-order valence-corrected chi connectivity index (χ2v) is 4.65. The standard InChI is InChI=1S/C13H18N2O3/c1-15(6-7-18-9-10-2-3-10)12-8-11(13(16)17)4-5-14-12/h4-5,8,10H,2-3,6-7,9H2,1H3,(H,16,17). The lowest BCUT2D eigenvalue weighted by atomic mass is 10.2. The van der Waals surface area contributed by atoms with Crippen LogP contribution in [-0.4, -0.2) is 42.9 Å². The average Bonchev–Trinajstić information content (AvgIpc) is 3.18. The molecule has 0 atom stereocenters. The van der Waals surface area contributed by atoms with E-state index >= 15 is 0 Å². The van der Waals surface area contributed by atoms with Gasteiger partial charge >= 0.3 is 5.97 Å². The lowest BCUT2D eigenvalue weighted by molar-refractivity contribution is 0.0697. The van der Waals surface area contributed by atoms with Gasteiger partial charge in [-0.25, -0.2) is 9.78 Å². The van der Waals surface area contributed by atoms with E-state index < -0.39 is 5.97 Å². The molecule has 0 aromatic carbocycles. The van der Waals surface area contributed by atoms with E-state index in [1.165, 1.54) is 25.1 Å². The predicted molar refractivity (Wildman–Crippen MR) is 68.0 cm³/mol. The van der Waals surface area contributed by atoms with Crippen molar-refractivity contribution < 1.29 is 14.6 Å². The number of rotatable bonds is 7. The molecule has 98 valence electrons. The highest BCUT2D eigenvalue weighted by Crippen LogP contribution is 2.28. The van der Waals surface area contributed by atoms with Crippen LogP contribution in [0.2, 0.25) is 0 Å². The van der Waals surface area contributed by atoms with Gasteiger partial charge in [0, 0.05) is 26.4 Å². The van der Waals surface area contributed by atoms with Crippen molar-refractivity contribution in [3.63, 3.8) is 0 Å². The Morgan fingerprint density at radius 2 is 2.39 bits per heavy atom. The summed E-state index contributed by atoms with van der Waals surface area (Å²) in [5.74, 6) is 0.491. The van der Waals surface area contributed by atoms with Crippen LogP contribution in [0.1, 0.15) is 23.2 Å². The quantitative estimate of drug-likeness (QED) is 0.745. The molecule has 1 aliphatic carbocycles. The molecule has 1 aliphatic rings. The van der Waals surface area contributed by atoms with E-state index in [1.54, 1.807) is 6.07 Å². The number of carbonyl (C=O) groups is 1. The van der Waals surface area contributed by atoms with Crippen LogP contribution in [0, 0.1) is 5.92 Å². The maximum atomic E-state index is 10.8. The molecular formula is C13H18N2O3. The molecule has 1 heterocycles. The van der Waals surface area contributed by atoms with Crippen LogP contribution in [0.4, 0.5) is 5.82 Å². The number of likely N-dealkylation sites (N-methyl/N-ethyl adjacent to an activating group) is 1. The molecule has 0 amide bonds. The summed E-state index contributed by atoms with van der Waals surface area (Å²) in [5.41, 5.74) is 0.255. The van der Waals surface area contributed by atoms with E-state index in [0.717, 1.165) is 12.5 Å². The number of nitrogens with zero attached hydrogens (tertiary/aromatic N) is 2. The summed E-state index contributed by atoms with van der Waals surface area (Å²) in [5, 5.41) is 8.90. The van der Waals surface area contributed by atoms with Crippen LogP contribution in [0.3, 0.4) is 0 Å². The molecule has 18 heavy (non-hydrogen) atoms. The first kappa shape index (κ1) is 12.8. The lowest BCUT2D eigenvalue weighted by Crippen LogP contribution is -2.24. The molecule has 0 radical (unpaired) electrons. The molecule has 1 fully saturated rings. The number of pyridine rings is 1. The van der Waals surface area contributed by atoms with E-state index in [2.05, 4.69) is 4.98 Å². The van der Waals surface area contributed by atoms with Crippen LogP contribution in [0.25, 0.3) is 0 Å². The van der Waals surface area contributed by atoms with Crippen LogP contribution < -0.4 is 4.90 Å². The molecule has 1 aromatic rings. The third-order valence-corrected chi connectivity index (χ3v) is 3.01. The maximum absolute atomic E-state index is 10.8. The third-order valence-electron chi connectivity index (χ3n) is 3.01. The number of aromatic carboxylic acids is 1. The first-order valence-corrected chi connectivity index (χ1v) is 6.15. The van der Waals surface area contributed by atoms with Crippen LogP contribution in [0.15, 0.2) is 18.3 Å². The van der Waals surface area contributed by atoms with Gasteiger partial charge in [0.15, 0.2) is 0 Å². The minimum atomic E-state index is -0.933.